The van der Waals surface area contributed by atoms with Gasteiger partial charge in [0.1, 0.15) is 10.9 Å². The first-order chi connectivity index (χ1) is 12.6. The third kappa shape index (κ3) is 5.41. The Morgan fingerprint density at radius 3 is 2.54 bits per heavy atom. The molecule has 0 aliphatic carbocycles. The molecule has 2 aromatic carbocycles. The first-order valence-electron chi connectivity index (χ1n) is 8.19. The van der Waals surface area contributed by atoms with Crippen molar-refractivity contribution in [1.29, 1.82) is 0 Å². The smallest absolute Gasteiger partial charge is 0.225 e. The third-order valence-electron chi connectivity index (χ3n) is 3.59. The van der Waals surface area contributed by atoms with Gasteiger partial charge in [0.15, 0.2) is 0 Å². The Bertz CT molecular complexity index is 885. The Morgan fingerprint density at radius 2 is 1.81 bits per heavy atom. The quantitative estimate of drug-likeness (QED) is 0.426. The van der Waals surface area contributed by atoms with E-state index in [0.29, 0.717) is 12.2 Å². The van der Waals surface area contributed by atoms with Crippen LogP contribution in [0.3, 0.4) is 0 Å². The first kappa shape index (κ1) is 18.6. The van der Waals surface area contributed by atoms with Crippen LogP contribution in [0.25, 0.3) is 11.3 Å². The van der Waals surface area contributed by atoms with Crippen LogP contribution >= 0.6 is 27.7 Å². The SMILES string of the molecule is Cc1nc(SCCC(=O)Nc2ccc(Br)cc2)cc(-c2ccccc2)n1. The van der Waals surface area contributed by atoms with E-state index in [4.69, 9.17) is 0 Å². The number of aryl methyl sites for hydroxylation is 1. The van der Waals surface area contributed by atoms with Gasteiger partial charge >= 0.3 is 0 Å². The number of hydrogen-bond acceptors (Lipinski definition) is 4. The molecule has 0 spiro atoms. The lowest BCUT2D eigenvalue weighted by atomic mass is 10.1. The van der Waals surface area contributed by atoms with E-state index in [-0.39, 0.29) is 5.91 Å². The zero-order chi connectivity index (χ0) is 18.4. The summed E-state index contributed by atoms with van der Waals surface area (Å²) in [5, 5.41) is 3.78. The fourth-order valence-electron chi connectivity index (χ4n) is 2.38. The molecule has 4 nitrogen and oxygen atoms in total. The number of nitrogens with one attached hydrogen (secondary N) is 1. The van der Waals surface area contributed by atoms with Crippen molar-refractivity contribution < 1.29 is 4.79 Å². The Hall–Kier alpha value is -2.18. The van der Waals surface area contributed by atoms with Crippen LogP contribution < -0.4 is 5.32 Å². The van der Waals surface area contributed by atoms with Crippen LogP contribution in [0.4, 0.5) is 5.69 Å². The molecule has 6 heteroatoms. The van der Waals surface area contributed by atoms with E-state index in [1.165, 1.54) is 0 Å². The standard InChI is InChI=1S/C20H18BrN3OS/c1-14-22-18(15-5-3-2-4-6-15)13-20(23-14)26-12-11-19(25)24-17-9-7-16(21)8-10-17/h2-10,13H,11-12H2,1H3,(H,24,25). The van der Waals surface area contributed by atoms with E-state index in [1.54, 1.807) is 11.8 Å². The summed E-state index contributed by atoms with van der Waals surface area (Å²) >= 11 is 4.95. The second-order valence-electron chi connectivity index (χ2n) is 5.66. The number of aromatic nitrogens is 2. The summed E-state index contributed by atoms with van der Waals surface area (Å²) in [7, 11) is 0. The molecule has 0 fully saturated rings. The topological polar surface area (TPSA) is 54.9 Å². The number of anilines is 1. The van der Waals surface area contributed by atoms with Crippen LogP contribution in [0.5, 0.6) is 0 Å². The number of benzene rings is 2. The minimum Gasteiger partial charge on any atom is -0.326 e. The molecule has 3 rings (SSSR count). The summed E-state index contributed by atoms with van der Waals surface area (Å²) in [4.78, 5) is 21.0. The van der Waals surface area contributed by atoms with Crippen LogP contribution in [0.15, 0.2) is 70.2 Å². The molecular weight excluding hydrogens is 410 g/mol. The van der Waals surface area contributed by atoms with Gasteiger partial charge < -0.3 is 5.32 Å². The number of halogens is 1. The van der Waals surface area contributed by atoms with Gasteiger partial charge in [-0.15, -0.1) is 11.8 Å². The first-order valence-corrected chi connectivity index (χ1v) is 9.97. The lowest BCUT2D eigenvalue weighted by molar-refractivity contribution is -0.115. The molecular formula is C20H18BrN3OS. The Morgan fingerprint density at radius 1 is 1.08 bits per heavy atom. The summed E-state index contributed by atoms with van der Waals surface area (Å²) in [5.74, 6) is 1.38. The van der Waals surface area contributed by atoms with E-state index in [0.717, 1.165) is 32.3 Å². The molecule has 132 valence electrons. The summed E-state index contributed by atoms with van der Waals surface area (Å²) < 4.78 is 0.986. The monoisotopic (exact) mass is 427 g/mol. The number of amides is 1. The second-order valence-corrected chi connectivity index (χ2v) is 7.69. The van der Waals surface area contributed by atoms with E-state index >= 15 is 0 Å². The zero-order valence-corrected chi connectivity index (χ0v) is 16.7. The fourth-order valence-corrected chi connectivity index (χ4v) is 3.53. The summed E-state index contributed by atoms with van der Waals surface area (Å²) in [5.41, 5.74) is 2.76. The number of carbonyl (C=O) groups is 1. The van der Waals surface area contributed by atoms with Crippen LogP contribution in [0, 0.1) is 6.92 Å². The maximum absolute atomic E-state index is 12.1. The molecule has 0 aliphatic rings. The molecule has 0 aliphatic heterocycles. The summed E-state index contributed by atoms with van der Waals surface area (Å²) in [6.07, 6.45) is 0.421. The number of nitrogens with zero attached hydrogens (tertiary/aromatic N) is 2. The van der Waals surface area contributed by atoms with Gasteiger partial charge in [0, 0.05) is 27.9 Å². The molecule has 3 aromatic rings. The predicted molar refractivity (Wildman–Crippen MR) is 110 cm³/mol. The highest BCUT2D eigenvalue weighted by atomic mass is 79.9. The maximum Gasteiger partial charge on any atom is 0.225 e. The van der Waals surface area contributed by atoms with Crippen LogP contribution in [-0.4, -0.2) is 21.6 Å². The molecule has 0 unspecified atom stereocenters. The number of rotatable bonds is 6. The molecule has 0 bridgehead atoms. The highest BCUT2D eigenvalue weighted by Gasteiger charge is 2.07. The third-order valence-corrected chi connectivity index (χ3v) is 5.03. The molecule has 26 heavy (non-hydrogen) atoms. The van der Waals surface area contributed by atoms with E-state index in [2.05, 4.69) is 31.2 Å². The lowest BCUT2D eigenvalue weighted by Crippen LogP contribution is -2.12. The lowest BCUT2D eigenvalue weighted by Gasteiger charge is -2.07. The largest absolute Gasteiger partial charge is 0.326 e. The summed E-state index contributed by atoms with van der Waals surface area (Å²) in [6, 6.07) is 19.5. The van der Waals surface area contributed by atoms with Crippen molar-refractivity contribution in [3.63, 3.8) is 0 Å². The molecule has 1 amide bonds. The van der Waals surface area contributed by atoms with Crippen molar-refractivity contribution >= 4 is 39.3 Å². The highest BCUT2D eigenvalue weighted by molar-refractivity contribution is 9.10. The van der Waals surface area contributed by atoms with Gasteiger partial charge in [-0.1, -0.05) is 46.3 Å². The fraction of sp³-hybridized carbons (Fsp3) is 0.150. The van der Waals surface area contributed by atoms with Gasteiger partial charge in [-0.25, -0.2) is 9.97 Å². The molecule has 1 N–H and O–H groups in total. The van der Waals surface area contributed by atoms with E-state index in [9.17, 15) is 4.79 Å². The van der Waals surface area contributed by atoms with Gasteiger partial charge in [0.2, 0.25) is 5.91 Å². The number of hydrogen-bond donors (Lipinski definition) is 1. The Kier molecular flexibility index (Phi) is 6.41. The van der Waals surface area contributed by atoms with Gasteiger partial charge in [-0.2, -0.15) is 0 Å². The average Bonchev–Trinajstić information content (AvgIpc) is 2.64. The highest BCUT2D eigenvalue weighted by Crippen LogP contribution is 2.23. The van der Waals surface area contributed by atoms with Crippen molar-refractivity contribution in [3.05, 3.63) is 71.0 Å². The van der Waals surface area contributed by atoms with Gasteiger partial charge in [0.25, 0.3) is 0 Å². The molecule has 0 atom stereocenters. The number of thioether (sulfide) groups is 1. The predicted octanol–water partition coefficient (Wildman–Crippen LogP) is 5.34. The maximum atomic E-state index is 12.1. The number of carbonyl (C=O) groups excluding carboxylic acids is 1. The zero-order valence-electron chi connectivity index (χ0n) is 14.3. The minimum absolute atomic E-state index is 0.00566. The van der Waals surface area contributed by atoms with Crippen molar-refractivity contribution in [2.24, 2.45) is 0 Å². The molecule has 1 aromatic heterocycles. The Balaban J connectivity index is 1.57. The minimum atomic E-state index is -0.00566. The molecule has 0 saturated heterocycles. The van der Waals surface area contributed by atoms with Crippen molar-refractivity contribution in [2.45, 2.75) is 18.4 Å². The summed E-state index contributed by atoms with van der Waals surface area (Å²) in [6.45, 7) is 1.89. The molecule has 0 radical (unpaired) electrons. The van der Waals surface area contributed by atoms with Gasteiger partial charge in [-0.05, 0) is 37.3 Å². The second kappa shape index (κ2) is 8.96. The van der Waals surface area contributed by atoms with Gasteiger partial charge in [-0.3, -0.25) is 4.79 Å². The molecule has 1 heterocycles. The van der Waals surface area contributed by atoms with Crippen molar-refractivity contribution in [3.8, 4) is 11.3 Å². The normalized spacial score (nSPS) is 10.5. The molecule has 0 saturated carbocycles. The van der Waals surface area contributed by atoms with E-state index in [1.807, 2.05) is 67.6 Å². The van der Waals surface area contributed by atoms with Crippen LogP contribution in [0.2, 0.25) is 0 Å². The van der Waals surface area contributed by atoms with Crippen LogP contribution in [0.1, 0.15) is 12.2 Å². The van der Waals surface area contributed by atoms with E-state index < -0.39 is 0 Å². The van der Waals surface area contributed by atoms with Crippen molar-refractivity contribution in [2.75, 3.05) is 11.1 Å². The van der Waals surface area contributed by atoms with Crippen LogP contribution in [-0.2, 0) is 4.79 Å². The van der Waals surface area contributed by atoms with Crippen molar-refractivity contribution in [1.82, 2.24) is 9.97 Å². The van der Waals surface area contributed by atoms with Gasteiger partial charge in [0.05, 0.1) is 5.69 Å². The Labute approximate surface area is 165 Å². The average molecular weight is 428 g/mol.